The highest BCUT2D eigenvalue weighted by atomic mass is 32.2. The van der Waals surface area contributed by atoms with Crippen LogP contribution in [0.15, 0.2) is 59.8 Å². The van der Waals surface area contributed by atoms with Gasteiger partial charge in [0.05, 0.1) is 12.7 Å². The molecule has 0 radical (unpaired) electrons. The average Bonchev–Trinajstić information content (AvgIpc) is 3.06. The molecule has 0 fully saturated rings. The van der Waals surface area contributed by atoms with Gasteiger partial charge in [-0.1, -0.05) is 54.2 Å². The first-order valence-corrected chi connectivity index (χ1v) is 9.82. The zero-order valence-corrected chi connectivity index (χ0v) is 17.0. The maximum atomic E-state index is 12.5. The van der Waals surface area contributed by atoms with E-state index >= 15 is 0 Å². The molecule has 0 aliphatic rings. The molecule has 2 N–H and O–H groups in total. The van der Waals surface area contributed by atoms with Crippen molar-refractivity contribution in [3.63, 3.8) is 0 Å². The van der Waals surface area contributed by atoms with Crippen molar-refractivity contribution in [3.05, 3.63) is 71.5 Å². The number of nitrogens with zero attached hydrogens (tertiary/aromatic N) is 3. The van der Waals surface area contributed by atoms with Crippen LogP contribution in [0.25, 0.3) is 0 Å². The van der Waals surface area contributed by atoms with Crippen LogP contribution in [0, 0.1) is 6.92 Å². The van der Waals surface area contributed by atoms with E-state index in [0.29, 0.717) is 22.3 Å². The van der Waals surface area contributed by atoms with Crippen molar-refractivity contribution in [2.45, 2.75) is 17.8 Å². The predicted octanol–water partition coefficient (Wildman–Crippen LogP) is 3.15. The van der Waals surface area contributed by atoms with Crippen LogP contribution in [0.2, 0.25) is 0 Å². The Balaban J connectivity index is 1.65. The van der Waals surface area contributed by atoms with E-state index in [9.17, 15) is 4.79 Å². The molecule has 28 heavy (non-hydrogen) atoms. The lowest BCUT2D eigenvalue weighted by Crippen LogP contribution is -2.38. The first-order valence-electron chi connectivity index (χ1n) is 8.42. The summed E-state index contributed by atoms with van der Waals surface area (Å²) in [6.07, 6.45) is 0. The van der Waals surface area contributed by atoms with Crippen molar-refractivity contribution in [3.8, 4) is 5.75 Å². The highest BCUT2D eigenvalue weighted by Crippen LogP contribution is 2.21. The summed E-state index contributed by atoms with van der Waals surface area (Å²) in [7, 11) is 1.51. The van der Waals surface area contributed by atoms with Gasteiger partial charge in [-0.25, -0.2) is 4.68 Å². The second-order valence-corrected chi connectivity index (χ2v) is 7.09. The fourth-order valence-corrected chi connectivity index (χ4v) is 3.50. The molecule has 144 valence electrons. The molecule has 0 aliphatic heterocycles. The monoisotopic (exact) mass is 413 g/mol. The van der Waals surface area contributed by atoms with E-state index in [0.717, 1.165) is 5.75 Å². The fourth-order valence-electron chi connectivity index (χ4n) is 2.42. The Morgan fingerprint density at radius 2 is 1.86 bits per heavy atom. The molecule has 0 bridgehead atoms. The SMILES string of the molecule is COc1ccccc1C(=O)NC(=S)Nn1c(C)nnc1SCc1ccccc1. The van der Waals surface area contributed by atoms with Crippen molar-refractivity contribution in [2.75, 3.05) is 12.5 Å². The van der Waals surface area contributed by atoms with Crippen LogP contribution >= 0.6 is 24.0 Å². The largest absolute Gasteiger partial charge is 0.496 e. The first kappa shape index (κ1) is 19.8. The maximum absolute atomic E-state index is 12.5. The zero-order chi connectivity index (χ0) is 19.9. The molecule has 0 atom stereocenters. The topological polar surface area (TPSA) is 81.1 Å². The molecule has 0 spiro atoms. The second kappa shape index (κ2) is 9.34. The molecule has 7 nitrogen and oxygen atoms in total. The number of thiocarbonyl (C=S) groups is 1. The van der Waals surface area contributed by atoms with E-state index in [-0.39, 0.29) is 11.0 Å². The number of nitrogens with one attached hydrogen (secondary N) is 2. The van der Waals surface area contributed by atoms with Crippen molar-refractivity contribution >= 4 is 35.0 Å². The van der Waals surface area contributed by atoms with Gasteiger partial charge in [0.25, 0.3) is 5.91 Å². The highest BCUT2D eigenvalue weighted by Gasteiger charge is 2.15. The molecule has 0 saturated heterocycles. The molecular formula is C19H19N5O2S2. The predicted molar refractivity (Wildman–Crippen MR) is 113 cm³/mol. The van der Waals surface area contributed by atoms with Crippen LogP contribution in [0.5, 0.6) is 5.75 Å². The van der Waals surface area contributed by atoms with Gasteiger partial charge >= 0.3 is 0 Å². The summed E-state index contributed by atoms with van der Waals surface area (Å²) in [4.78, 5) is 12.5. The third-order valence-corrected chi connectivity index (χ3v) is 4.99. The van der Waals surface area contributed by atoms with Gasteiger partial charge in [0.1, 0.15) is 11.6 Å². The van der Waals surface area contributed by atoms with Gasteiger partial charge in [-0.2, -0.15) is 0 Å². The summed E-state index contributed by atoms with van der Waals surface area (Å²) in [5.41, 5.74) is 4.53. The maximum Gasteiger partial charge on any atom is 0.261 e. The zero-order valence-electron chi connectivity index (χ0n) is 15.4. The number of thioether (sulfide) groups is 1. The molecule has 0 saturated carbocycles. The number of hydrogen-bond donors (Lipinski definition) is 2. The van der Waals surface area contributed by atoms with Crippen LogP contribution in [0.1, 0.15) is 21.7 Å². The van der Waals surface area contributed by atoms with Crippen molar-refractivity contribution in [1.82, 2.24) is 20.2 Å². The normalized spacial score (nSPS) is 10.4. The van der Waals surface area contributed by atoms with E-state index in [1.807, 2.05) is 30.3 Å². The fraction of sp³-hybridized carbons (Fsp3) is 0.158. The number of aromatic nitrogens is 3. The van der Waals surface area contributed by atoms with E-state index in [1.165, 1.54) is 24.4 Å². The van der Waals surface area contributed by atoms with E-state index in [1.54, 1.807) is 35.9 Å². The van der Waals surface area contributed by atoms with Gasteiger partial charge in [-0.05, 0) is 36.8 Å². The summed E-state index contributed by atoms with van der Waals surface area (Å²) in [6, 6.07) is 17.0. The van der Waals surface area contributed by atoms with Crippen LogP contribution in [-0.2, 0) is 5.75 Å². The van der Waals surface area contributed by atoms with E-state index in [4.69, 9.17) is 17.0 Å². The summed E-state index contributed by atoms with van der Waals surface area (Å²) in [5.74, 6) is 1.48. The first-order chi connectivity index (χ1) is 13.6. The third-order valence-electron chi connectivity index (χ3n) is 3.80. The average molecular weight is 414 g/mol. The number of hydrogen-bond acceptors (Lipinski definition) is 6. The second-order valence-electron chi connectivity index (χ2n) is 5.73. The van der Waals surface area contributed by atoms with E-state index in [2.05, 4.69) is 20.9 Å². The van der Waals surface area contributed by atoms with Crippen LogP contribution < -0.4 is 15.5 Å². The summed E-state index contributed by atoms with van der Waals surface area (Å²) < 4.78 is 6.86. The molecule has 9 heteroatoms. The number of ether oxygens (including phenoxy) is 1. The van der Waals surface area contributed by atoms with Gasteiger partial charge in [0.15, 0.2) is 5.11 Å². The number of benzene rings is 2. The summed E-state index contributed by atoms with van der Waals surface area (Å²) in [5, 5.41) is 11.7. The summed E-state index contributed by atoms with van der Waals surface area (Å²) in [6.45, 7) is 1.80. The Bertz CT molecular complexity index is 975. The van der Waals surface area contributed by atoms with Crippen LogP contribution in [-0.4, -0.2) is 33.0 Å². The molecule has 0 unspecified atom stereocenters. The smallest absolute Gasteiger partial charge is 0.261 e. The van der Waals surface area contributed by atoms with Crippen molar-refractivity contribution in [1.29, 1.82) is 0 Å². The Kier molecular flexibility index (Phi) is 6.62. The number of rotatable bonds is 6. The van der Waals surface area contributed by atoms with Crippen molar-refractivity contribution in [2.24, 2.45) is 0 Å². The lowest BCUT2D eigenvalue weighted by atomic mass is 10.2. The number of carbonyl (C=O) groups excluding carboxylic acids is 1. The quantitative estimate of drug-likeness (QED) is 0.475. The number of aryl methyl sites for hydroxylation is 1. The highest BCUT2D eigenvalue weighted by molar-refractivity contribution is 7.98. The number of methoxy groups -OCH3 is 1. The minimum absolute atomic E-state index is 0.139. The Hall–Kier alpha value is -2.91. The van der Waals surface area contributed by atoms with Crippen molar-refractivity contribution < 1.29 is 9.53 Å². The van der Waals surface area contributed by atoms with Crippen LogP contribution in [0.4, 0.5) is 0 Å². The van der Waals surface area contributed by atoms with E-state index < -0.39 is 0 Å². The Morgan fingerprint density at radius 3 is 2.61 bits per heavy atom. The van der Waals surface area contributed by atoms with Gasteiger partial charge in [-0.3, -0.25) is 15.5 Å². The standard InChI is InChI=1S/C19H19N5O2S2/c1-13-21-22-19(28-12-14-8-4-3-5-9-14)24(13)23-18(27)20-17(25)15-10-6-7-11-16(15)26-2/h3-11H,12H2,1-2H3,(H2,20,23,25,27). The molecule has 1 amide bonds. The number of carbonyl (C=O) groups is 1. The van der Waals surface area contributed by atoms with Gasteiger partial charge in [-0.15, -0.1) is 10.2 Å². The Morgan fingerprint density at radius 1 is 1.14 bits per heavy atom. The Labute approximate surface area is 172 Å². The van der Waals surface area contributed by atoms with Crippen LogP contribution in [0.3, 0.4) is 0 Å². The molecule has 3 rings (SSSR count). The van der Waals surface area contributed by atoms with Gasteiger partial charge in [0.2, 0.25) is 5.16 Å². The molecule has 1 heterocycles. The van der Waals surface area contributed by atoms with Gasteiger partial charge in [0, 0.05) is 5.75 Å². The minimum atomic E-state index is -0.362. The minimum Gasteiger partial charge on any atom is -0.496 e. The third kappa shape index (κ3) is 4.87. The number of para-hydroxylation sites is 1. The molecule has 1 aromatic heterocycles. The molecule has 0 aliphatic carbocycles. The lowest BCUT2D eigenvalue weighted by molar-refractivity contribution is 0.0974. The number of amides is 1. The van der Waals surface area contributed by atoms with Gasteiger partial charge < -0.3 is 4.74 Å². The lowest BCUT2D eigenvalue weighted by Gasteiger charge is -2.14. The molecule has 3 aromatic rings. The molecular weight excluding hydrogens is 394 g/mol. The summed E-state index contributed by atoms with van der Waals surface area (Å²) >= 11 is 6.80. The molecule has 2 aromatic carbocycles.